The van der Waals surface area contributed by atoms with E-state index in [4.69, 9.17) is 0 Å². The van der Waals surface area contributed by atoms with Crippen LogP contribution in [0.1, 0.15) is 111 Å². The lowest BCUT2D eigenvalue weighted by atomic mass is 9.86. The van der Waals surface area contributed by atoms with Crippen LogP contribution in [0.4, 0.5) is 0 Å². The lowest BCUT2D eigenvalue weighted by Gasteiger charge is -2.29. The Labute approximate surface area is 480 Å². The molecule has 0 spiro atoms. The molecule has 0 aliphatic carbocycles. The van der Waals surface area contributed by atoms with Gasteiger partial charge in [-0.05, 0) is 134 Å². The first-order valence-corrected chi connectivity index (χ1v) is 28.9. The van der Waals surface area contributed by atoms with Gasteiger partial charge in [0.1, 0.15) is 6.07 Å². The molecule has 0 amide bonds. The summed E-state index contributed by atoms with van der Waals surface area (Å²) in [7, 11) is 0. The Bertz CT molecular complexity index is 5020. The molecule has 0 aliphatic heterocycles. The smallest absolute Gasteiger partial charge is 0.102 e. The van der Waals surface area contributed by atoms with E-state index < -0.39 is 0 Å². The molecule has 0 unspecified atom stereocenters. The molecule has 9 aromatic carbocycles. The Morgan fingerprint density at radius 3 is 0.878 bits per heavy atom. The van der Waals surface area contributed by atoms with Gasteiger partial charge in [-0.25, -0.2) is 0 Å². The van der Waals surface area contributed by atoms with Crippen molar-refractivity contribution in [1.82, 2.24) is 23.3 Å². The minimum atomic E-state index is -0.117. The Morgan fingerprint density at radius 2 is 0.573 bits per heavy atom. The van der Waals surface area contributed by atoms with Crippen molar-refractivity contribution in [2.24, 2.45) is 0 Å². The molecule has 0 saturated heterocycles. The van der Waals surface area contributed by atoms with Gasteiger partial charge >= 0.3 is 0 Å². The van der Waals surface area contributed by atoms with Crippen molar-refractivity contribution in [3.05, 3.63) is 222 Å². The molecule has 0 N–H and O–H groups in total. The first-order valence-electron chi connectivity index (χ1n) is 28.9. The molecule has 14 rings (SSSR count). The number of para-hydroxylation sites is 4. The van der Waals surface area contributed by atoms with Gasteiger partial charge in [0, 0.05) is 61.0 Å². The monoisotopic (exact) mass is 1060 g/mol. The van der Waals surface area contributed by atoms with E-state index >= 15 is 0 Å². The SMILES string of the molecule is CC(C)(C)c1ccc2c(c1)c1ccccc1n2-c1c(C#N)c(-c2ccncc2)c(-n2c3ccccc3c3cc(C(C)(C)C)ccc32)c(-n2c3ccccc3c3cc(C(C)(C)C)ccc32)c1-n1c2ccccc2c2cc(C(C)(C)C)ccc21. The average molecular weight is 1070 g/mol. The molecule has 6 heteroatoms. The zero-order valence-electron chi connectivity index (χ0n) is 49.2. The fourth-order valence-corrected chi connectivity index (χ4v) is 13.2. The summed E-state index contributed by atoms with van der Waals surface area (Å²) in [5.74, 6) is 0. The molecule has 402 valence electrons. The molecule has 0 saturated carbocycles. The maximum Gasteiger partial charge on any atom is 0.102 e. The van der Waals surface area contributed by atoms with Gasteiger partial charge in [0.25, 0.3) is 0 Å². The van der Waals surface area contributed by atoms with Crippen LogP contribution < -0.4 is 0 Å². The molecule has 5 heterocycles. The predicted molar refractivity (Wildman–Crippen MR) is 347 cm³/mol. The molecule has 0 aliphatic rings. The number of fused-ring (bicyclic) bond motifs is 12. The molecule has 0 fully saturated rings. The number of nitrogens with zero attached hydrogens (tertiary/aromatic N) is 6. The van der Waals surface area contributed by atoms with E-state index in [1.165, 1.54) is 22.3 Å². The third-order valence-corrected chi connectivity index (χ3v) is 17.5. The van der Waals surface area contributed by atoms with Gasteiger partial charge in [-0.15, -0.1) is 0 Å². The van der Waals surface area contributed by atoms with Gasteiger partial charge in [-0.1, -0.05) is 180 Å². The van der Waals surface area contributed by atoms with Crippen LogP contribution in [0.25, 0.3) is 121 Å². The maximum absolute atomic E-state index is 12.9. The number of hydrogen-bond acceptors (Lipinski definition) is 2. The highest BCUT2D eigenvalue weighted by atomic mass is 15.1. The van der Waals surface area contributed by atoms with Crippen LogP contribution in [0.5, 0.6) is 0 Å². The van der Waals surface area contributed by atoms with E-state index in [1.807, 2.05) is 12.4 Å². The van der Waals surface area contributed by atoms with Crippen molar-refractivity contribution in [3.63, 3.8) is 0 Å². The first kappa shape index (κ1) is 51.0. The van der Waals surface area contributed by atoms with Gasteiger partial charge < -0.3 is 18.3 Å². The van der Waals surface area contributed by atoms with Crippen LogP contribution in [0.3, 0.4) is 0 Å². The molecule has 5 aromatic heterocycles. The Kier molecular flexibility index (Phi) is 11.1. The fraction of sp³-hybridized carbons (Fsp3) is 0.211. The van der Waals surface area contributed by atoms with Gasteiger partial charge in [-0.3, -0.25) is 4.98 Å². The van der Waals surface area contributed by atoms with E-state index in [1.54, 1.807) is 0 Å². The molecular formula is C76H68N6. The molecule has 14 aromatic rings. The van der Waals surface area contributed by atoms with E-state index in [0.717, 1.165) is 121 Å². The Balaban J connectivity index is 1.35. The van der Waals surface area contributed by atoms with Gasteiger partial charge in [0.05, 0.1) is 72.4 Å². The summed E-state index contributed by atoms with van der Waals surface area (Å²) < 4.78 is 9.99. The molecule has 0 atom stereocenters. The first-order chi connectivity index (χ1) is 39.2. The highest BCUT2D eigenvalue weighted by molar-refractivity contribution is 6.17. The lowest BCUT2D eigenvalue weighted by Crippen LogP contribution is -2.17. The molecule has 0 radical (unpaired) electrons. The summed E-state index contributed by atoms with van der Waals surface area (Å²) in [6.45, 7) is 27.5. The average Bonchev–Trinajstić information content (AvgIpc) is 2.10. The van der Waals surface area contributed by atoms with Crippen molar-refractivity contribution in [3.8, 4) is 39.9 Å². The third kappa shape index (κ3) is 7.62. The topological polar surface area (TPSA) is 56.4 Å². The van der Waals surface area contributed by atoms with Crippen LogP contribution in [0, 0.1) is 11.3 Å². The minimum Gasteiger partial charge on any atom is -0.306 e. The standard InChI is InChI=1S/C76H68N6/c1-73(2,3)47-29-33-64-55(41-47)51-21-13-17-25-60(51)79(64)69-59(45-77)68(46-37-39-78-40-38-46)70(80-61-26-18-14-22-52(61)56-42-48(74(4,5)6)30-34-65(56)80)72(82-63-28-20-16-24-54(63)58-44-50(76(10,11)12)32-36-67(58)82)71(69)81-62-27-19-15-23-53(62)57-43-49(75(7,8)9)31-35-66(57)81/h13-44H,1-12H3. The lowest BCUT2D eigenvalue weighted by molar-refractivity contribution is 0.591. The largest absolute Gasteiger partial charge is 0.306 e. The summed E-state index contributed by atoms with van der Waals surface area (Å²) >= 11 is 0. The predicted octanol–water partition coefficient (Wildman–Crippen LogP) is 20.2. The maximum atomic E-state index is 12.9. The molecule has 0 bridgehead atoms. The van der Waals surface area contributed by atoms with Gasteiger partial charge in [0.15, 0.2) is 0 Å². The van der Waals surface area contributed by atoms with E-state index in [0.29, 0.717) is 5.56 Å². The number of pyridine rings is 1. The highest BCUT2D eigenvalue weighted by Crippen LogP contribution is 2.52. The highest BCUT2D eigenvalue weighted by Gasteiger charge is 2.36. The number of rotatable bonds is 5. The third-order valence-electron chi connectivity index (χ3n) is 17.5. The fourth-order valence-electron chi connectivity index (χ4n) is 13.2. The summed E-state index contributed by atoms with van der Waals surface area (Å²) in [6, 6.07) is 70.9. The second kappa shape index (κ2) is 17.9. The summed E-state index contributed by atoms with van der Waals surface area (Å²) in [4.78, 5) is 4.66. The second-order valence-electron chi connectivity index (χ2n) is 26.8. The van der Waals surface area contributed by atoms with Crippen LogP contribution in [0.2, 0.25) is 0 Å². The number of aromatic nitrogens is 5. The van der Waals surface area contributed by atoms with Gasteiger partial charge in [0.2, 0.25) is 0 Å². The number of hydrogen-bond donors (Lipinski definition) is 0. The second-order valence-corrected chi connectivity index (χ2v) is 26.8. The van der Waals surface area contributed by atoms with Crippen LogP contribution >= 0.6 is 0 Å². The van der Waals surface area contributed by atoms with Crippen molar-refractivity contribution >= 4 is 87.2 Å². The molecule has 6 nitrogen and oxygen atoms in total. The molecular weight excluding hydrogens is 997 g/mol. The zero-order chi connectivity index (χ0) is 56.9. The van der Waals surface area contributed by atoms with Crippen molar-refractivity contribution in [2.75, 3.05) is 0 Å². The summed E-state index contributed by atoms with van der Waals surface area (Å²) in [6.07, 6.45) is 3.75. The van der Waals surface area contributed by atoms with E-state index in [9.17, 15) is 5.26 Å². The number of nitriles is 1. The quantitative estimate of drug-likeness (QED) is 0.172. The number of benzene rings is 9. The minimum absolute atomic E-state index is 0.109. The van der Waals surface area contributed by atoms with Crippen LogP contribution in [0.15, 0.2) is 194 Å². The van der Waals surface area contributed by atoms with E-state index in [2.05, 4.69) is 294 Å². The zero-order valence-corrected chi connectivity index (χ0v) is 49.2. The summed E-state index contributed by atoms with van der Waals surface area (Å²) in [5.41, 5.74) is 18.7. The van der Waals surface area contributed by atoms with Crippen LogP contribution in [-0.2, 0) is 21.7 Å². The Morgan fingerprint density at radius 1 is 0.305 bits per heavy atom. The normalized spacial score (nSPS) is 12.9. The Hall–Kier alpha value is -9.18. The van der Waals surface area contributed by atoms with E-state index in [-0.39, 0.29) is 21.7 Å². The van der Waals surface area contributed by atoms with Crippen molar-refractivity contribution in [2.45, 2.75) is 105 Å². The van der Waals surface area contributed by atoms with Crippen molar-refractivity contribution < 1.29 is 0 Å². The van der Waals surface area contributed by atoms with Crippen molar-refractivity contribution in [1.29, 1.82) is 5.26 Å². The van der Waals surface area contributed by atoms with Gasteiger partial charge in [-0.2, -0.15) is 5.26 Å². The van der Waals surface area contributed by atoms with Crippen LogP contribution in [-0.4, -0.2) is 23.3 Å². The molecule has 82 heavy (non-hydrogen) atoms. The summed E-state index contributed by atoms with van der Waals surface area (Å²) in [5, 5.41) is 22.0.